The number of fused-ring (bicyclic) bond motifs is 1. The lowest BCUT2D eigenvalue weighted by atomic mass is 10.2. The van der Waals surface area contributed by atoms with Crippen LogP contribution in [0.3, 0.4) is 0 Å². The monoisotopic (exact) mass is 319 g/mol. The summed E-state index contributed by atoms with van der Waals surface area (Å²) in [5, 5.41) is 12.1. The molecule has 2 aromatic rings. The van der Waals surface area contributed by atoms with E-state index in [-0.39, 0.29) is 18.2 Å². The third kappa shape index (κ3) is 3.63. The minimum atomic E-state index is -0.408. The van der Waals surface area contributed by atoms with E-state index in [4.69, 9.17) is 6.42 Å². The zero-order chi connectivity index (χ0) is 17.0. The molecule has 124 valence electrons. The highest BCUT2D eigenvalue weighted by Gasteiger charge is 2.15. The number of nitrogens with one attached hydrogen (secondary N) is 2. The lowest BCUT2D eigenvalue weighted by Crippen LogP contribution is -2.39. The molecule has 23 heavy (non-hydrogen) atoms. The van der Waals surface area contributed by atoms with Crippen molar-refractivity contribution >= 4 is 17.1 Å². The Labute approximate surface area is 133 Å². The van der Waals surface area contributed by atoms with E-state index in [1.165, 1.54) is 9.13 Å². The number of imidazole rings is 1. The molecule has 0 aliphatic heterocycles. The number of aliphatic hydroxyl groups is 1. The van der Waals surface area contributed by atoms with Gasteiger partial charge in [-0.1, -0.05) is 5.92 Å². The molecule has 0 saturated carbocycles. The van der Waals surface area contributed by atoms with Gasteiger partial charge in [0.2, 0.25) is 5.95 Å². The van der Waals surface area contributed by atoms with Gasteiger partial charge in [-0.2, -0.15) is 4.98 Å². The maximum absolute atomic E-state index is 12.5. The van der Waals surface area contributed by atoms with Crippen LogP contribution in [0.2, 0.25) is 0 Å². The van der Waals surface area contributed by atoms with Gasteiger partial charge < -0.3 is 15.4 Å². The number of hydrogen-bond donors (Lipinski definition) is 3. The molecular weight excluding hydrogens is 298 g/mol. The van der Waals surface area contributed by atoms with Crippen LogP contribution in [0.1, 0.15) is 26.2 Å². The predicted octanol–water partition coefficient (Wildman–Crippen LogP) is 0.0195. The molecule has 0 aliphatic rings. The Bertz CT molecular complexity index is 838. The molecule has 3 N–H and O–H groups in total. The van der Waals surface area contributed by atoms with Gasteiger partial charge >= 0.3 is 5.69 Å². The fraction of sp³-hybridized carbons (Fsp3) is 0.533. The Morgan fingerprint density at radius 1 is 1.43 bits per heavy atom. The van der Waals surface area contributed by atoms with Gasteiger partial charge in [-0.25, -0.2) is 4.79 Å². The lowest BCUT2D eigenvalue weighted by molar-refractivity contribution is 0.180. The van der Waals surface area contributed by atoms with E-state index in [1.807, 2.05) is 0 Å². The number of aromatic amines is 1. The van der Waals surface area contributed by atoms with E-state index in [1.54, 1.807) is 14.0 Å². The first-order valence-electron chi connectivity index (χ1n) is 7.50. The fourth-order valence-corrected chi connectivity index (χ4v) is 2.37. The van der Waals surface area contributed by atoms with Crippen LogP contribution in [-0.4, -0.2) is 36.9 Å². The van der Waals surface area contributed by atoms with Crippen LogP contribution in [0.25, 0.3) is 11.2 Å². The normalized spacial score (nSPS) is 12.3. The zero-order valence-corrected chi connectivity index (χ0v) is 13.3. The van der Waals surface area contributed by atoms with Crippen molar-refractivity contribution in [2.45, 2.75) is 38.8 Å². The summed E-state index contributed by atoms with van der Waals surface area (Å²) in [5.74, 6) is 2.77. The summed E-state index contributed by atoms with van der Waals surface area (Å²) in [6.45, 7) is 2.29. The minimum absolute atomic E-state index is 0.265. The number of hydrogen-bond acceptors (Lipinski definition) is 5. The fourth-order valence-electron chi connectivity index (χ4n) is 2.37. The average molecular weight is 319 g/mol. The highest BCUT2D eigenvalue weighted by molar-refractivity contribution is 5.72. The molecule has 8 nitrogen and oxygen atoms in total. The van der Waals surface area contributed by atoms with Crippen molar-refractivity contribution in [2.24, 2.45) is 7.05 Å². The maximum Gasteiger partial charge on any atom is 0.332 e. The van der Waals surface area contributed by atoms with Gasteiger partial charge in [-0.05, 0) is 26.2 Å². The van der Waals surface area contributed by atoms with E-state index >= 15 is 0 Å². The van der Waals surface area contributed by atoms with Gasteiger partial charge in [0.25, 0.3) is 5.56 Å². The van der Waals surface area contributed by atoms with Crippen LogP contribution in [0, 0.1) is 12.3 Å². The molecule has 0 saturated heterocycles. The van der Waals surface area contributed by atoms with Crippen LogP contribution < -0.4 is 16.6 Å². The Morgan fingerprint density at radius 3 is 2.83 bits per heavy atom. The third-order valence-electron chi connectivity index (χ3n) is 3.59. The van der Waals surface area contributed by atoms with E-state index in [0.717, 1.165) is 6.42 Å². The van der Waals surface area contributed by atoms with E-state index in [0.29, 0.717) is 31.0 Å². The Hall–Kier alpha value is -2.53. The van der Waals surface area contributed by atoms with Crippen molar-refractivity contribution in [1.29, 1.82) is 0 Å². The van der Waals surface area contributed by atoms with Crippen molar-refractivity contribution < 1.29 is 5.11 Å². The highest BCUT2D eigenvalue weighted by Crippen LogP contribution is 2.08. The Kier molecular flexibility index (Phi) is 5.24. The molecule has 2 aromatic heterocycles. The van der Waals surface area contributed by atoms with Crippen molar-refractivity contribution in [3.05, 3.63) is 20.8 Å². The summed E-state index contributed by atoms with van der Waals surface area (Å²) in [5.41, 5.74) is -0.252. The summed E-state index contributed by atoms with van der Waals surface area (Å²) >= 11 is 0. The van der Waals surface area contributed by atoms with Crippen LogP contribution in [-0.2, 0) is 13.6 Å². The molecule has 0 bridgehead atoms. The molecule has 0 aliphatic carbocycles. The smallest absolute Gasteiger partial charge is 0.332 e. The molecule has 0 spiro atoms. The van der Waals surface area contributed by atoms with Crippen LogP contribution in [0.5, 0.6) is 0 Å². The molecule has 0 aromatic carbocycles. The van der Waals surface area contributed by atoms with Gasteiger partial charge in [-0.15, -0.1) is 6.42 Å². The van der Waals surface area contributed by atoms with Gasteiger partial charge in [0.1, 0.15) is 0 Å². The summed E-state index contributed by atoms with van der Waals surface area (Å²) in [6.07, 6.45) is 6.82. The number of terminal acetylenes is 1. The first-order valence-corrected chi connectivity index (χ1v) is 7.50. The largest absolute Gasteiger partial charge is 0.393 e. The maximum atomic E-state index is 12.5. The first-order chi connectivity index (χ1) is 11.0. The van der Waals surface area contributed by atoms with Gasteiger partial charge in [0, 0.05) is 13.6 Å². The molecule has 0 radical (unpaired) electrons. The number of aryl methyl sites for hydroxylation is 1. The predicted molar refractivity (Wildman–Crippen MR) is 88.4 cm³/mol. The molecule has 1 atom stereocenters. The molecule has 0 amide bonds. The molecule has 2 rings (SSSR count). The van der Waals surface area contributed by atoms with Gasteiger partial charge in [-0.3, -0.25) is 13.9 Å². The molecule has 8 heteroatoms. The Morgan fingerprint density at radius 2 is 2.17 bits per heavy atom. The number of anilines is 1. The topological polar surface area (TPSA) is 105 Å². The van der Waals surface area contributed by atoms with Crippen molar-refractivity contribution in [3.63, 3.8) is 0 Å². The van der Waals surface area contributed by atoms with Gasteiger partial charge in [0.05, 0.1) is 12.6 Å². The molecular formula is C15H21N5O3. The number of unbranched alkanes of at least 4 members (excludes halogenated alkanes) is 1. The van der Waals surface area contributed by atoms with Crippen LogP contribution in [0.4, 0.5) is 5.95 Å². The number of nitrogens with zero attached hydrogens (tertiary/aromatic N) is 3. The van der Waals surface area contributed by atoms with Crippen molar-refractivity contribution in [3.8, 4) is 12.3 Å². The average Bonchev–Trinajstić information content (AvgIpc) is 2.94. The SMILES string of the molecule is C#CCNc1nc2c([nH]1)c(=O)n(CCCCC(C)O)c(=O)n2C. The van der Waals surface area contributed by atoms with Crippen LogP contribution in [0.15, 0.2) is 9.59 Å². The number of rotatable bonds is 7. The summed E-state index contributed by atoms with van der Waals surface area (Å²) in [4.78, 5) is 31.9. The summed E-state index contributed by atoms with van der Waals surface area (Å²) < 4.78 is 2.52. The van der Waals surface area contributed by atoms with Gasteiger partial charge in [0.15, 0.2) is 11.2 Å². The summed E-state index contributed by atoms with van der Waals surface area (Å²) in [6, 6.07) is 0. The summed E-state index contributed by atoms with van der Waals surface area (Å²) in [7, 11) is 1.57. The number of H-pyrrole nitrogens is 1. The van der Waals surface area contributed by atoms with E-state index in [2.05, 4.69) is 21.2 Å². The third-order valence-corrected chi connectivity index (χ3v) is 3.59. The van der Waals surface area contributed by atoms with Crippen molar-refractivity contribution in [2.75, 3.05) is 11.9 Å². The second-order valence-corrected chi connectivity index (χ2v) is 5.48. The Balaban J connectivity index is 2.33. The number of aliphatic hydroxyl groups excluding tert-OH is 1. The van der Waals surface area contributed by atoms with E-state index < -0.39 is 11.2 Å². The van der Waals surface area contributed by atoms with Crippen molar-refractivity contribution in [1.82, 2.24) is 19.1 Å². The highest BCUT2D eigenvalue weighted by atomic mass is 16.3. The zero-order valence-electron chi connectivity index (χ0n) is 13.3. The molecule has 2 heterocycles. The quantitative estimate of drug-likeness (QED) is 0.493. The lowest BCUT2D eigenvalue weighted by Gasteiger charge is -2.08. The minimum Gasteiger partial charge on any atom is -0.393 e. The second-order valence-electron chi connectivity index (χ2n) is 5.48. The molecule has 1 unspecified atom stereocenters. The molecule has 0 fully saturated rings. The second kappa shape index (κ2) is 7.15. The van der Waals surface area contributed by atoms with Crippen LogP contribution >= 0.6 is 0 Å². The number of aromatic nitrogens is 4. The first kappa shape index (κ1) is 16.8. The van der Waals surface area contributed by atoms with E-state index in [9.17, 15) is 14.7 Å². The standard InChI is InChI=1S/C15H21N5O3/c1-4-8-16-14-17-11-12(18-14)19(3)15(23)20(13(11)22)9-6-5-7-10(2)21/h1,10,21H,5-9H2,2-3H3,(H2,16,17,18).